The van der Waals surface area contributed by atoms with Crippen molar-refractivity contribution in [3.63, 3.8) is 0 Å². The maximum absolute atomic E-state index is 12.6. The summed E-state index contributed by atoms with van der Waals surface area (Å²) in [5.41, 5.74) is -3.11. The number of alkyl halides is 5. The molecule has 0 bridgehead atoms. The number of rotatable bonds is 2. The standard InChI is InChI=1S/C10H7F5N2/c1-5-6(2-3-16)4-17-8(9(11)12)7(5)10(13,14)15/h4,9H,2H2,1H3. The summed E-state index contributed by atoms with van der Waals surface area (Å²) in [7, 11) is 0. The van der Waals surface area contributed by atoms with Crippen LogP contribution in [0.1, 0.15) is 28.8 Å². The van der Waals surface area contributed by atoms with Gasteiger partial charge < -0.3 is 0 Å². The van der Waals surface area contributed by atoms with Gasteiger partial charge in [0.15, 0.2) is 0 Å². The zero-order chi connectivity index (χ0) is 13.2. The van der Waals surface area contributed by atoms with Crippen molar-refractivity contribution in [2.45, 2.75) is 25.9 Å². The van der Waals surface area contributed by atoms with E-state index in [0.717, 1.165) is 13.1 Å². The number of hydrogen-bond acceptors (Lipinski definition) is 2. The van der Waals surface area contributed by atoms with Crippen LogP contribution in [0.5, 0.6) is 0 Å². The maximum Gasteiger partial charge on any atom is 0.418 e. The predicted molar refractivity (Wildman–Crippen MR) is 48.3 cm³/mol. The summed E-state index contributed by atoms with van der Waals surface area (Å²) in [5, 5.41) is 8.41. The molecule has 0 N–H and O–H groups in total. The largest absolute Gasteiger partial charge is 0.418 e. The third-order valence-corrected chi connectivity index (χ3v) is 2.23. The lowest BCUT2D eigenvalue weighted by Crippen LogP contribution is -2.15. The number of halogens is 5. The van der Waals surface area contributed by atoms with E-state index in [1.807, 2.05) is 0 Å². The Bertz CT molecular complexity index is 459. The van der Waals surface area contributed by atoms with Crippen LogP contribution >= 0.6 is 0 Å². The fourth-order valence-electron chi connectivity index (χ4n) is 1.45. The average Bonchev–Trinajstić information content (AvgIpc) is 2.18. The molecule has 0 radical (unpaired) electrons. The van der Waals surface area contributed by atoms with Crippen LogP contribution in [0.3, 0.4) is 0 Å². The Morgan fingerprint density at radius 3 is 2.41 bits per heavy atom. The Morgan fingerprint density at radius 1 is 1.41 bits per heavy atom. The fraction of sp³-hybridized carbons (Fsp3) is 0.400. The minimum Gasteiger partial charge on any atom is -0.254 e. The fourth-order valence-corrected chi connectivity index (χ4v) is 1.45. The molecule has 0 fully saturated rings. The third-order valence-electron chi connectivity index (χ3n) is 2.23. The molecule has 0 amide bonds. The molecule has 0 saturated heterocycles. The van der Waals surface area contributed by atoms with Crippen molar-refractivity contribution in [1.29, 1.82) is 5.26 Å². The summed E-state index contributed by atoms with van der Waals surface area (Å²) in [6, 6.07) is 1.66. The van der Waals surface area contributed by atoms with Crippen LogP contribution in [0.4, 0.5) is 22.0 Å². The highest BCUT2D eigenvalue weighted by Crippen LogP contribution is 2.38. The van der Waals surface area contributed by atoms with Crippen molar-refractivity contribution in [3.8, 4) is 6.07 Å². The zero-order valence-corrected chi connectivity index (χ0v) is 8.65. The molecule has 0 spiro atoms. The van der Waals surface area contributed by atoms with Crippen molar-refractivity contribution in [2.24, 2.45) is 0 Å². The van der Waals surface area contributed by atoms with E-state index < -0.39 is 23.9 Å². The Kier molecular flexibility index (Phi) is 3.66. The van der Waals surface area contributed by atoms with Gasteiger partial charge in [-0.2, -0.15) is 18.4 Å². The number of nitrogens with zero attached hydrogens (tertiary/aromatic N) is 2. The number of pyridine rings is 1. The van der Waals surface area contributed by atoms with E-state index in [1.165, 1.54) is 0 Å². The van der Waals surface area contributed by atoms with Crippen LogP contribution in [-0.4, -0.2) is 4.98 Å². The first-order chi connectivity index (χ1) is 7.79. The topological polar surface area (TPSA) is 36.7 Å². The van der Waals surface area contributed by atoms with E-state index >= 15 is 0 Å². The van der Waals surface area contributed by atoms with Crippen LogP contribution in [0.2, 0.25) is 0 Å². The monoisotopic (exact) mass is 250 g/mol. The summed E-state index contributed by atoms with van der Waals surface area (Å²) in [4.78, 5) is 3.10. The first kappa shape index (κ1) is 13.4. The highest BCUT2D eigenvalue weighted by Gasteiger charge is 2.39. The second kappa shape index (κ2) is 4.65. The Labute approximate surface area is 93.7 Å². The molecule has 1 heterocycles. The molecule has 1 aromatic heterocycles. The summed E-state index contributed by atoms with van der Waals surface area (Å²) in [5.74, 6) is 0. The van der Waals surface area contributed by atoms with Crippen molar-refractivity contribution in [3.05, 3.63) is 28.6 Å². The van der Waals surface area contributed by atoms with E-state index in [0.29, 0.717) is 0 Å². The molecule has 0 saturated carbocycles. The van der Waals surface area contributed by atoms with E-state index in [9.17, 15) is 22.0 Å². The normalized spacial score (nSPS) is 11.6. The van der Waals surface area contributed by atoms with Crippen molar-refractivity contribution in [2.75, 3.05) is 0 Å². The van der Waals surface area contributed by atoms with Gasteiger partial charge in [0.05, 0.1) is 18.1 Å². The van der Waals surface area contributed by atoms with Crippen LogP contribution in [0.15, 0.2) is 6.20 Å². The van der Waals surface area contributed by atoms with Gasteiger partial charge in [-0.3, -0.25) is 4.98 Å². The Hall–Kier alpha value is -1.71. The minimum atomic E-state index is -4.91. The molecule has 0 aromatic carbocycles. The SMILES string of the molecule is Cc1c(CC#N)cnc(C(F)F)c1C(F)(F)F. The quantitative estimate of drug-likeness (QED) is 0.754. The number of hydrogen-bond donors (Lipinski definition) is 0. The van der Waals surface area contributed by atoms with E-state index in [1.54, 1.807) is 6.07 Å². The second-order valence-corrected chi connectivity index (χ2v) is 3.30. The predicted octanol–water partition coefficient (Wildman–Crippen LogP) is 3.41. The molecule has 92 valence electrons. The van der Waals surface area contributed by atoms with Crippen LogP contribution in [0.25, 0.3) is 0 Å². The molecule has 1 aromatic rings. The molecule has 7 heteroatoms. The highest BCUT2D eigenvalue weighted by atomic mass is 19.4. The highest BCUT2D eigenvalue weighted by molar-refractivity contribution is 5.39. The van der Waals surface area contributed by atoms with Gasteiger partial charge in [-0.15, -0.1) is 0 Å². The average molecular weight is 250 g/mol. The summed E-state index contributed by atoms with van der Waals surface area (Å²) >= 11 is 0. The molecule has 1 rings (SSSR count). The van der Waals surface area contributed by atoms with Gasteiger partial charge in [-0.1, -0.05) is 0 Å². The second-order valence-electron chi connectivity index (χ2n) is 3.30. The van der Waals surface area contributed by atoms with Crippen molar-refractivity contribution >= 4 is 0 Å². The van der Waals surface area contributed by atoms with Gasteiger partial charge in [0, 0.05) is 6.20 Å². The minimum absolute atomic E-state index is 0.00391. The molecule has 0 aliphatic heterocycles. The van der Waals surface area contributed by atoms with Crippen molar-refractivity contribution < 1.29 is 22.0 Å². The van der Waals surface area contributed by atoms with E-state index in [2.05, 4.69) is 4.98 Å². The van der Waals surface area contributed by atoms with Gasteiger partial charge in [-0.25, -0.2) is 8.78 Å². The molecule has 0 aliphatic rings. The van der Waals surface area contributed by atoms with Crippen LogP contribution in [-0.2, 0) is 12.6 Å². The maximum atomic E-state index is 12.6. The van der Waals surface area contributed by atoms with Gasteiger partial charge in [-0.05, 0) is 18.1 Å². The molecule has 0 unspecified atom stereocenters. The van der Waals surface area contributed by atoms with E-state index in [4.69, 9.17) is 5.26 Å². The Morgan fingerprint density at radius 2 is 2.00 bits per heavy atom. The molecular weight excluding hydrogens is 243 g/mol. The number of nitriles is 1. The lowest BCUT2D eigenvalue weighted by Gasteiger charge is -2.16. The lowest BCUT2D eigenvalue weighted by atomic mass is 10.0. The zero-order valence-electron chi connectivity index (χ0n) is 8.65. The third kappa shape index (κ3) is 2.70. The van der Waals surface area contributed by atoms with E-state index in [-0.39, 0.29) is 17.5 Å². The summed E-state index contributed by atoms with van der Waals surface area (Å²) in [6.07, 6.45) is -7.63. The van der Waals surface area contributed by atoms with Gasteiger partial charge >= 0.3 is 6.18 Å². The molecule has 0 aliphatic carbocycles. The molecule has 0 atom stereocenters. The smallest absolute Gasteiger partial charge is 0.254 e. The molecular formula is C10H7F5N2. The number of aromatic nitrogens is 1. The van der Waals surface area contributed by atoms with Crippen LogP contribution in [0, 0.1) is 18.3 Å². The first-order valence-electron chi connectivity index (χ1n) is 4.49. The summed E-state index contributed by atoms with van der Waals surface area (Å²) in [6.45, 7) is 1.06. The van der Waals surface area contributed by atoms with Crippen LogP contribution < -0.4 is 0 Å². The van der Waals surface area contributed by atoms with Gasteiger partial charge in [0.1, 0.15) is 5.69 Å². The van der Waals surface area contributed by atoms with Gasteiger partial charge in [0.25, 0.3) is 6.43 Å². The van der Waals surface area contributed by atoms with Gasteiger partial charge in [0.2, 0.25) is 0 Å². The Balaban J connectivity index is 3.49. The van der Waals surface area contributed by atoms with Crippen molar-refractivity contribution in [1.82, 2.24) is 4.98 Å². The molecule has 2 nitrogen and oxygen atoms in total. The molecule has 17 heavy (non-hydrogen) atoms. The lowest BCUT2D eigenvalue weighted by molar-refractivity contribution is -0.140. The first-order valence-corrected chi connectivity index (χ1v) is 4.49. The summed E-state index contributed by atoms with van der Waals surface area (Å²) < 4.78 is 62.8.